The van der Waals surface area contributed by atoms with Gasteiger partial charge in [-0.05, 0) is 80.2 Å². The molecule has 2 saturated heterocycles. The Labute approximate surface area is 190 Å². The Morgan fingerprint density at radius 2 is 1.88 bits per heavy atom. The highest BCUT2D eigenvalue weighted by atomic mass is 16.5. The van der Waals surface area contributed by atoms with Gasteiger partial charge in [-0.25, -0.2) is 0 Å². The number of aromatic amines is 1. The molecule has 170 valence electrons. The van der Waals surface area contributed by atoms with Gasteiger partial charge >= 0.3 is 0 Å². The molecule has 2 fully saturated rings. The molecular formula is C26H34N4O2. The zero-order valence-electron chi connectivity index (χ0n) is 19.0. The van der Waals surface area contributed by atoms with Crippen LogP contribution in [-0.2, 0) is 6.54 Å². The normalized spacial score (nSPS) is 21.2. The van der Waals surface area contributed by atoms with Crippen LogP contribution in [0.3, 0.4) is 0 Å². The van der Waals surface area contributed by atoms with E-state index in [1.807, 2.05) is 12.3 Å². The molecule has 1 aromatic heterocycles. The number of piperidine rings is 2. The minimum Gasteiger partial charge on any atom is -0.497 e. The lowest BCUT2D eigenvalue weighted by Crippen LogP contribution is -2.48. The van der Waals surface area contributed by atoms with Crippen molar-refractivity contribution in [2.24, 2.45) is 5.92 Å². The van der Waals surface area contributed by atoms with Crippen LogP contribution in [0.2, 0.25) is 0 Å². The van der Waals surface area contributed by atoms with Gasteiger partial charge in [-0.2, -0.15) is 5.10 Å². The van der Waals surface area contributed by atoms with Crippen LogP contribution in [0.5, 0.6) is 5.75 Å². The van der Waals surface area contributed by atoms with Crippen molar-refractivity contribution in [1.82, 2.24) is 20.0 Å². The quantitative estimate of drug-likeness (QED) is 0.616. The van der Waals surface area contributed by atoms with Crippen molar-refractivity contribution < 1.29 is 9.84 Å². The van der Waals surface area contributed by atoms with Gasteiger partial charge in [0.1, 0.15) is 5.75 Å². The molecule has 32 heavy (non-hydrogen) atoms. The summed E-state index contributed by atoms with van der Waals surface area (Å²) in [6.07, 6.45) is 6.81. The second kappa shape index (κ2) is 9.61. The number of fused-ring (bicyclic) bond motifs is 1. The maximum absolute atomic E-state index is 9.55. The summed E-state index contributed by atoms with van der Waals surface area (Å²) in [5.41, 5.74) is 3.55. The number of aliphatic hydroxyl groups is 1. The number of hydrogen-bond acceptors (Lipinski definition) is 5. The lowest BCUT2D eigenvalue weighted by atomic mass is 9.94. The van der Waals surface area contributed by atoms with Crippen LogP contribution >= 0.6 is 0 Å². The van der Waals surface area contributed by atoms with Crippen LogP contribution in [0.4, 0.5) is 0 Å². The Morgan fingerprint density at radius 3 is 2.69 bits per heavy atom. The number of benzene rings is 2. The topological polar surface area (TPSA) is 64.6 Å². The largest absolute Gasteiger partial charge is 0.497 e. The molecule has 2 N–H and O–H groups in total. The molecular weight excluding hydrogens is 400 g/mol. The van der Waals surface area contributed by atoms with Crippen molar-refractivity contribution in [3.8, 4) is 17.0 Å². The van der Waals surface area contributed by atoms with E-state index in [9.17, 15) is 5.11 Å². The minimum absolute atomic E-state index is 0.334. The van der Waals surface area contributed by atoms with Gasteiger partial charge < -0.3 is 9.84 Å². The van der Waals surface area contributed by atoms with Crippen molar-refractivity contribution >= 4 is 10.8 Å². The fraction of sp³-hybridized carbons (Fsp3) is 0.500. The molecule has 0 spiro atoms. The maximum atomic E-state index is 9.55. The highest BCUT2D eigenvalue weighted by Crippen LogP contribution is 2.29. The number of methoxy groups -OCH3 is 1. The number of nitrogens with zero attached hydrogens (tertiary/aromatic N) is 3. The molecule has 2 aromatic carbocycles. The van der Waals surface area contributed by atoms with Crippen molar-refractivity contribution in [1.29, 1.82) is 0 Å². The molecule has 0 radical (unpaired) electrons. The summed E-state index contributed by atoms with van der Waals surface area (Å²) >= 11 is 0. The van der Waals surface area contributed by atoms with Gasteiger partial charge in [0.2, 0.25) is 0 Å². The van der Waals surface area contributed by atoms with Crippen LogP contribution in [0, 0.1) is 5.92 Å². The number of likely N-dealkylation sites (tertiary alicyclic amines) is 2. The molecule has 3 heterocycles. The van der Waals surface area contributed by atoms with Gasteiger partial charge in [0.05, 0.1) is 19.0 Å². The maximum Gasteiger partial charge on any atom is 0.119 e. The molecule has 6 nitrogen and oxygen atoms in total. The van der Waals surface area contributed by atoms with Crippen LogP contribution in [0.15, 0.2) is 42.6 Å². The van der Waals surface area contributed by atoms with Crippen molar-refractivity contribution in [2.75, 3.05) is 39.9 Å². The van der Waals surface area contributed by atoms with Gasteiger partial charge in [0, 0.05) is 36.9 Å². The lowest BCUT2D eigenvalue weighted by Gasteiger charge is -2.42. The van der Waals surface area contributed by atoms with Gasteiger partial charge in [-0.3, -0.25) is 14.9 Å². The number of aliphatic hydroxyl groups excluding tert-OH is 1. The molecule has 0 saturated carbocycles. The first-order valence-electron chi connectivity index (χ1n) is 11.9. The average Bonchev–Trinajstić information content (AvgIpc) is 3.32. The Morgan fingerprint density at radius 1 is 1.06 bits per heavy atom. The molecule has 2 aliphatic heterocycles. The summed E-state index contributed by atoms with van der Waals surface area (Å²) in [4.78, 5) is 5.19. The first kappa shape index (κ1) is 21.4. The van der Waals surface area contributed by atoms with Crippen LogP contribution in [-0.4, -0.2) is 71.0 Å². The number of ether oxygens (including phenoxy) is 1. The van der Waals surface area contributed by atoms with E-state index in [1.165, 1.54) is 54.1 Å². The van der Waals surface area contributed by atoms with E-state index in [-0.39, 0.29) is 0 Å². The Kier molecular flexibility index (Phi) is 6.44. The summed E-state index contributed by atoms with van der Waals surface area (Å²) in [6.45, 7) is 5.77. The SMILES string of the molecule is COc1ccc2cc(-c3[nH]ncc3CN3CCC(N4CCC[C@@H](CO)C4)CC3)ccc2c1. The van der Waals surface area contributed by atoms with Crippen LogP contribution in [0.25, 0.3) is 22.0 Å². The number of nitrogens with one attached hydrogen (secondary N) is 1. The minimum atomic E-state index is 0.334. The molecule has 1 atom stereocenters. The standard InChI is InChI=1S/C26H34N4O2/c1-32-25-7-6-20-13-22(5-4-21(20)14-25)26-23(15-27-28-26)17-29-11-8-24(9-12-29)30-10-2-3-19(16-30)18-31/h4-7,13-15,19,24,31H,2-3,8-12,16-18H2,1H3,(H,27,28)/t19-/m1/s1. The fourth-order valence-electron chi connectivity index (χ4n) is 5.45. The summed E-state index contributed by atoms with van der Waals surface area (Å²) in [5, 5.41) is 19.5. The van der Waals surface area contributed by atoms with E-state index < -0.39 is 0 Å². The molecule has 0 aliphatic carbocycles. The van der Waals surface area contributed by atoms with E-state index in [4.69, 9.17) is 4.74 Å². The summed E-state index contributed by atoms with van der Waals surface area (Å²) in [6, 6.07) is 13.4. The summed E-state index contributed by atoms with van der Waals surface area (Å²) < 4.78 is 5.35. The number of rotatable bonds is 6. The van der Waals surface area contributed by atoms with Gasteiger partial charge in [0.15, 0.2) is 0 Å². The number of hydrogen-bond donors (Lipinski definition) is 2. The molecule has 0 amide bonds. The predicted octanol–water partition coefficient (Wildman–Crippen LogP) is 3.91. The highest BCUT2D eigenvalue weighted by Gasteiger charge is 2.29. The number of H-pyrrole nitrogens is 1. The third-order valence-corrected chi connectivity index (χ3v) is 7.33. The van der Waals surface area contributed by atoms with Crippen LogP contribution < -0.4 is 4.74 Å². The Balaban J connectivity index is 1.24. The predicted molar refractivity (Wildman–Crippen MR) is 128 cm³/mol. The Bertz CT molecular complexity index is 1040. The molecule has 0 bridgehead atoms. The molecule has 2 aliphatic rings. The fourth-order valence-corrected chi connectivity index (χ4v) is 5.45. The van der Waals surface area contributed by atoms with E-state index in [1.54, 1.807) is 7.11 Å². The molecule has 6 heteroatoms. The third-order valence-electron chi connectivity index (χ3n) is 7.33. The monoisotopic (exact) mass is 434 g/mol. The van der Waals surface area contributed by atoms with Crippen molar-refractivity contribution in [3.05, 3.63) is 48.2 Å². The smallest absolute Gasteiger partial charge is 0.119 e. The molecule has 0 unspecified atom stereocenters. The van der Waals surface area contributed by atoms with Crippen molar-refractivity contribution in [2.45, 2.75) is 38.3 Å². The van der Waals surface area contributed by atoms with Gasteiger partial charge in [-0.15, -0.1) is 0 Å². The summed E-state index contributed by atoms with van der Waals surface area (Å²) in [7, 11) is 1.70. The van der Waals surface area contributed by atoms with E-state index >= 15 is 0 Å². The summed E-state index contributed by atoms with van der Waals surface area (Å²) in [5.74, 6) is 1.35. The number of aromatic nitrogens is 2. The van der Waals surface area contributed by atoms with Crippen LogP contribution in [0.1, 0.15) is 31.2 Å². The van der Waals surface area contributed by atoms with E-state index in [0.717, 1.165) is 37.6 Å². The third kappa shape index (κ3) is 4.53. The molecule has 3 aromatic rings. The second-order valence-corrected chi connectivity index (χ2v) is 9.39. The van der Waals surface area contributed by atoms with Gasteiger partial charge in [-0.1, -0.05) is 18.2 Å². The van der Waals surface area contributed by atoms with Crippen molar-refractivity contribution in [3.63, 3.8) is 0 Å². The zero-order valence-corrected chi connectivity index (χ0v) is 19.0. The highest BCUT2D eigenvalue weighted by molar-refractivity contribution is 5.88. The van der Waals surface area contributed by atoms with Gasteiger partial charge in [0.25, 0.3) is 0 Å². The average molecular weight is 435 g/mol. The molecule has 5 rings (SSSR count). The van der Waals surface area contributed by atoms with E-state index in [2.05, 4.69) is 50.3 Å². The first-order valence-corrected chi connectivity index (χ1v) is 11.9. The first-order chi connectivity index (χ1) is 15.7. The zero-order chi connectivity index (χ0) is 21.9. The lowest BCUT2D eigenvalue weighted by molar-refractivity contribution is 0.0526. The van der Waals surface area contributed by atoms with E-state index in [0.29, 0.717) is 18.6 Å². The second-order valence-electron chi connectivity index (χ2n) is 9.39. The Hall–Kier alpha value is -2.41.